The number of H-pyrrole nitrogens is 1. The van der Waals surface area contributed by atoms with Gasteiger partial charge < -0.3 is 5.11 Å². The van der Waals surface area contributed by atoms with Crippen molar-refractivity contribution in [1.29, 1.82) is 0 Å². The third-order valence-electron chi connectivity index (χ3n) is 1.20. The summed E-state index contributed by atoms with van der Waals surface area (Å²) in [6.07, 6.45) is 0.339. The van der Waals surface area contributed by atoms with Crippen LogP contribution in [-0.4, -0.2) is 26.8 Å². The minimum atomic E-state index is -1.09. The Labute approximate surface area is 62.0 Å². The zero-order valence-electron chi connectivity index (χ0n) is 5.60. The number of aromatic amines is 1. The van der Waals surface area contributed by atoms with Crippen molar-refractivity contribution in [2.75, 3.05) is 6.54 Å². The van der Waals surface area contributed by atoms with Crippen molar-refractivity contribution in [3.8, 4) is 0 Å². The van der Waals surface area contributed by atoms with E-state index in [1.54, 1.807) is 0 Å². The maximum Gasteiger partial charge on any atom is 0.235 e. The van der Waals surface area contributed by atoms with Crippen LogP contribution in [0.5, 0.6) is 0 Å². The number of nitrogens with one attached hydrogen (secondary N) is 1. The Morgan fingerprint density at radius 2 is 2.64 bits per heavy atom. The molecule has 2 N–H and O–H groups in total. The summed E-state index contributed by atoms with van der Waals surface area (Å²) in [4.78, 5) is 9.34. The zero-order valence-corrected chi connectivity index (χ0v) is 5.60. The normalized spacial score (nSPS) is 12.8. The summed E-state index contributed by atoms with van der Waals surface area (Å²) in [6.45, 7) is -0.498. The van der Waals surface area contributed by atoms with E-state index in [0.717, 1.165) is 0 Å². The van der Waals surface area contributed by atoms with Gasteiger partial charge in [-0.3, -0.25) is 15.2 Å². The Kier molecular flexibility index (Phi) is 2.17. The first kappa shape index (κ1) is 7.67. The topological polar surface area (TPSA) is 92.1 Å². The van der Waals surface area contributed by atoms with Gasteiger partial charge in [0.1, 0.15) is 0 Å². The van der Waals surface area contributed by atoms with Gasteiger partial charge in [-0.2, -0.15) is 5.10 Å². The van der Waals surface area contributed by atoms with Crippen molar-refractivity contribution in [1.82, 2.24) is 10.2 Å². The van der Waals surface area contributed by atoms with Gasteiger partial charge in [0.25, 0.3) is 0 Å². The number of aromatic nitrogens is 2. The van der Waals surface area contributed by atoms with E-state index >= 15 is 0 Å². The average Bonchev–Trinajstić information content (AvgIpc) is 2.35. The molecule has 6 heteroatoms. The molecular formula is C5H7N3O3. The predicted molar refractivity (Wildman–Crippen MR) is 35.4 cm³/mol. The van der Waals surface area contributed by atoms with Gasteiger partial charge >= 0.3 is 0 Å². The summed E-state index contributed by atoms with van der Waals surface area (Å²) in [5.41, 5.74) is 0.363. The maximum absolute atomic E-state index is 9.92. The fourth-order valence-corrected chi connectivity index (χ4v) is 0.692. The lowest BCUT2D eigenvalue weighted by molar-refractivity contribution is -0.491. The molecule has 1 unspecified atom stereocenters. The van der Waals surface area contributed by atoms with E-state index in [-0.39, 0.29) is 0 Å². The minimum Gasteiger partial charge on any atom is -0.380 e. The molecule has 60 valence electrons. The molecular weight excluding hydrogens is 150 g/mol. The Balaban J connectivity index is 2.56. The van der Waals surface area contributed by atoms with Crippen molar-refractivity contribution in [3.63, 3.8) is 0 Å². The Morgan fingerprint density at radius 3 is 3.09 bits per heavy atom. The Bertz CT molecular complexity index is 233. The van der Waals surface area contributed by atoms with Gasteiger partial charge in [0.05, 0.1) is 5.69 Å². The molecule has 0 radical (unpaired) electrons. The highest BCUT2D eigenvalue weighted by molar-refractivity contribution is 5.01. The predicted octanol–water partition coefficient (Wildman–Crippen LogP) is -0.280. The highest BCUT2D eigenvalue weighted by atomic mass is 16.6. The minimum absolute atomic E-state index is 0.363. The first-order valence-electron chi connectivity index (χ1n) is 2.99. The number of aliphatic hydroxyl groups excluding tert-OH is 1. The molecule has 1 heterocycles. The summed E-state index contributed by atoms with van der Waals surface area (Å²) in [5, 5.41) is 25.0. The lowest BCUT2D eigenvalue weighted by atomic mass is 10.3. The molecule has 0 bridgehead atoms. The molecule has 0 aliphatic heterocycles. The van der Waals surface area contributed by atoms with E-state index in [4.69, 9.17) is 5.11 Å². The van der Waals surface area contributed by atoms with Gasteiger partial charge in [-0.05, 0) is 6.07 Å². The van der Waals surface area contributed by atoms with Crippen molar-refractivity contribution < 1.29 is 10.0 Å². The van der Waals surface area contributed by atoms with E-state index in [0.29, 0.717) is 5.69 Å². The summed E-state index contributed by atoms with van der Waals surface area (Å²) >= 11 is 0. The molecule has 1 rings (SSSR count). The summed E-state index contributed by atoms with van der Waals surface area (Å²) in [7, 11) is 0. The number of hydrogen-bond donors (Lipinski definition) is 2. The van der Waals surface area contributed by atoms with Crippen LogP contribution in [0.2, 0.25) is 0 Å². The Morgan fingerprint density at radius 1 is 1.91 bits per heavy atom. The molecule has 0 aliphatic rings. The number of nitrogens with zero attached hydrogens (tertiary/aromatic N) is 2. The highest BCUT2D eigenvalue weighted by Crippen LogP contribution is 2.07. The third kappa shape index (κ3) is 2.01. The van der Waals surface area contributed by atoms with Crippen molar-refractivity contribution in [3.05, 3.63) is 28.1 Å². The van der Waals surface area contributed by atoms with Crippen LogP contribution < -0.4 is 0 Å². The fraction of sp³-hybridized carbons (Fsp3) is 0.400. The third-order valence-corrected chi connectivity index (χ3v) is 1.20. The molecule has 0 saturated heterocycles. The lowest BCUT2D eigenvalue weighted by Crippen LogP contribution is -2.11. The van der Waals surface area contributed by atoms with E-state index < -0.39 is 17.6 Å². The van der Waals surface area contributed by atoms with Crippen LogP contribution in [-0.2, 0) is 0 Å². The molecule has 0 spiro atoms. The van der Waals surface area contributed by atoms with Gasteiger partial charge in [-0.25, -0.2) is 0 Å². The highest BCUT2D eigenvalue weighted by Gasteiger charge is 2.14. The van der Waals surface area contributed by atoms with Crippen LogP contribution in [0, 0.1) is 10.1 Å². The second-order valence-corrected chi connectivity index (χ2v) is 2.04. The molecule has 0 amide bonds. The van der Waals surface area contributed by atoms with Crippen molar-refractivity contribution in [2.45, 2.75) is 6.10 Å². The van der Waals surface area contributed by atoms with E-state index in [9.17, 15) is 10.1 Å². The summed E-state index contributed by atoms with van der Waals surface area (Å²) in [5.74, 6) is 0. The van der Waals surface area contributed by atoms with Gasteiger partial charge in [0.15, 0.2) is 6.10 Å². The van der Waals surface area contributed by atoms with E-state index in [1.807, 2.05) is 0 Å². The SMILES string of the molecule is O=[N+]([O-])CC(O)c1ccn[nH]1. The molecule has 1 aromatic rings. The molecule has 0 aromatic carbocycles. The first-order valence-corrected chi connectivity index (χ1v) is 2.99. The average molecular weight is 157 g/mol. The van der Waals surface area contributed by atoms with Crippen LogP contribution in [0.15, 0.2) is 12.3 Å². The van der Waals surface area contributed by atoms with Crippen LogP contribution >= 0.6 is 0 Å². The molecule has 11 heavy (non-hydrogen) atoms. The smallest absolute Gasteiger partial charge is 0.235 e. The quantitative estimate of drug-likeness (QED) is 0.466. The maximum atomic E-state index is 9.92. The standard InChI is InChI=1S/C5H7N3O3/c9-5(3-8(10)11)4-1-2-6-7-4/h1-2,5,9H,3H2,(H,6,7). The molecule has 0 saturated carbocycles. The van der Waals surface area contributed by atoms with Gasteiger partial charge in [-0.15, -0.1) is 0 Å². The van der Waals surface area contributed by atoms with Crippen LogP contribution in [0.3, 0.4) is 0 Å². The second-order valence-electron chi connectivity index (χ2n) is 2.04. The summed E-state index contributed by atoms with van der Waals surface area (Å²) < 4.78 is 0. The van der Waals surface area contributed by atoms with Crippen molar-refractivity contribution in [2.24, 2.45) is 0 Å². The van der Waals surface area contributed by atoms with Gasteiger partial charge in [-0.1, -0.05) is 0 Å². The summed E-state index contributed by atoms with van der Waals surface area (Å²) in [6, 6.07) is 1.49. The van der Waals surface area contributed by atoms with Gasteiger partial charge in [0.2, 0.25) is 6.54 Å². The number of aliphatic hydroxyl groups is 1. The molecule has 0 fully saturated rings. The molecule has 6 nitrogen and oxygen atoms in total. The first-order chi connectivity index (χ1) is 5.20. The monoisotopic (exact) mass is 157 g/mol. The van der Waals surface area contributed by atoms with Crippen LogP contribution in [0.4, 0.5) is 0 Å². The second kappa shape index (κ2) is 3.11. The van der Waals surface area contributed by atoms with Gasteiger partial charge in [0, 0.05) is 11.1 Å². The van der Waals surface area contributed by atoms with E-state index in [1.165, 1.54) is 12.3 Å². The van der Waals surface area contributed by atoms with Crippen LogP contribution in [0.1, 0.15) is 11.8 Å². The zero-order chi connectivity index (χ0) is 8.27. The number of nitro groups is 1. The van der Waals surface area contributed by atoms with Crippen molar-refractivity contribution >= 4 is 0 Å². The fourth-order valence-electron chi connectivity index (χ4n) is 0.692. The lowest BCUT2D eigenvalue weighted by Gasteiger charge is -2.00. The van der Waals surface area contributed by atoms with Crippen LogP contribution in [0.25, 0.3) is 0 Å². The number of hydrogen-bond acceptors (Lipinski definition) is 4. The molecule has 1 aromatic heterocycles. The largest absolute Gasteiger partial charge is 0.380 e. The molecule has 1 atom stereocenters. The number of rotatable bonds is 3. The molecule has 0 aliphatic carbocycles. The Hall–Kier alpha value is -1.43. The van der Waals surface area contributed by atoms with E-state index in [2.05, 4.69) is 10.2 Å².